The molecule has 4 heteroatoms. The van der Waals surface area contributed by atoms with Crippen molar-refractivity contribution < 1.29 is 4.79 Å². The summed E-state index contributed by atoms with van der Waals surface area (Å²) in [6.45, 7) is 0. The van der Waals surface area contributed by atoms with Gasteiger partial charge in [-0.3, -0.25) is 4.79 Å². The Morgan fingerprint density at radius 3 is 2.69 bits per heavy atom. The lowest BCUT2D eigenvalue weighted by atomic mass is 9.88. The third-order valence-corrected chi connectivity index (χ3v) is 3.63. The number of nitrogens with one attached hydrogen (secondary N) is 2. The Hall–Kier alpha value is -0.0900. The number of amides is 1. The van der Waals surface area contributed by atoms with Gasteiger partial charge in [0.05, 0.1) is 6.04 Å². The van der Waals surface area contributed by atoms with Crippen molar-refractivity contribution in [2.75, 3.05) is 5.33 Å². The van der Waals surface area contributed by atoms with Crippen molar-refractivity contribution in [3.8, 4) is 0 Å². The van der Waals surface area contributed by atoms with Crippen LogP contribution in [0, 0.1) is 0 Å². The van der Waals surface area contributed by atoms with E-state index in [0.29, 0.717) is 17.4 Å². The second-order valence-electron chi connectivity index (χ2n) is 3.88. The van der Waals surface area contributed by atoms with E-state index in [9.17, 15) is 4.79 Å². The van der Waals surface area contributed by atoms with Crippen LogP contribution in [0.2, 0.25) is 0 Å². The van der Waals surface area contributed by atoms with Gasteiger partial charge < -0.3 is 10.6 Å². The predicted molar refractivity (Wildman–Crippen MR) is 54.9 cm³/mol. The second kappa shape index (κ2) is 3.96. The molecule has 0 bridgehead atoms. The summed E-state index contributed by atoms with van der Waals surface area (Å²) >= 11 is 3.34. The summed E-state index contributed by atoms with van der Waals surface area (Å²) in [5.74, 6) is 0.153. The molecule has 1 saturated heterocycles. The first kappa shape index (κ1) is 9.46. The SMILES string of the molecule is O=C1NC2CCCCC2NC1CBr. The van der Waals surface area contributed by atoms with Crippen molar-refractivity contribution in [1.82, 2.24) is 10.6 Å². The van der Waals surface area contributed by atoms with Crippen LogP contribution >= 0.6 is 15.9 Å². The minimum absolute atomic E-state index is 0.0284. The Bertz CT molecular complexity index is 210. The lowest BCUT2D eigenvalue weighted by Gasteiger charge is -2.40. The van der Waals surface area contributed by atoms with Crippen molar-refractivity contribution in [2.24, 2.45) is 0 Å². The Balaban J connectivity index is 2.01. The molecule has 1 aliphatic carbocycles. The molecule has 1 amide bonds. The van der Waals surface area contributed by atoms with Crippen molar-refractivity contribution >= 4 is 21.8 Å². The monoisotopic (exact) mass is 246 g/mol. The van der Waals surface area contributed by atoms with Crippen molar-refractivity contribution in [3.05, 3.63) is 0 Å². The van der Waals surface area contributed by atoms with Gasteiger partial charge >= 0.3 is 0 Å². The molecule has 3 nitrogen and oxygen atoms in total. The van der Waals surface area contributed by atoms with Gasteiger partial charge in [0.25, 0.3) is 0 Å². The van der Waals surface area contributed by atoms with Gasteiger partial charge in [-0.25, -0.2) is 0 Å². The maximum Gasteiger partial charge on any atom is 0.238 e. The predicted octanol–water partition coefficient (Wildman–Crippen LogP) is 0.780. The van der Waals surface area contributed by atoms with Crippen LogP contribution in [-0.2, 0) is 4.79 Å². The molecule has 0 aromatic rings. The standard InChI is InChI=1S/C9H15BrN2O/c10-5-8-9(13)12-7-4-2-1-3-6(7)11-8/h6-8,11H,1-5H2,(H,12,13). The number of hydrogen-bond donors (Lipinski definition) is 2. The first-order chi connectivity index (χ1) is 6.31. The lowest BCUT2D eigenvalue weighted by molar-refractivity contribution is -0.126. The van der Waals surface area contributed by atoms with Gasteiger partial charge in [-0.05, 0) is 12.8 Å². The largest absolute Gasteiger partial charge is 0.350 e. The summed E-state index contributed by atoms with van der Waals surface area (Å²) < 4.78 is 0. The van der Waals surface area contributed by atoms with Crippen LogP contribution in [0.5, 0.6) is 0 Å². The number of carbonyl (C=O) groups is 1. The van der Waals surface area contributed by atoms with Crippen LogP contribution < -0.4 is 10.6 Å². The summed E-state index contributed by atoms with van der Waals surface area (Å²) in [6.07, 6.45) is 4.88. The second-order valence-corrected chi connectivity index (χ2v) is 4.53. The molecule has 0 aromatic carbocycles. The highest BCUT2D eigenvalue weighted by atomic mass is 79.9. The van der Waals surface area contributed by atoms with E-state index >= 15 is 0 Å². The lowest BCUT2D eigenvalue weighted by Crippen LogP contribution is -2.65. The first-order valence-electron chi connectivity index (χ1n) is 4.93. The van der Waals surface area contributed by atoms with Gasteiger partial charge in [-0.2, -0.15) is 0 Å². The zero-order valence-electron chi connectivity index (χ0n) is 7.55. The zero-order valence-corrected chi connectivity index (χ0v) is 9.14. The van der Waals surface area contributed by atoms with E-state index in [-0.39, 0.29) is 11.9 Å². The van der Waals surface area contributed by atoms with Gasteiger partial charge in [0.1, 0.15) is 0 Å². The molecule has 0 spiro atoms. The molecule has 3 unspecified atom stereocenters. The summed E-state index contributed by atoms with van der Waals surface area (Å²) in [5.41, 5.74) is 0. The number of fused-ring (bicyclic) bond motifs is 1. The molecule has 0 radical (unpaired) electrons. The molecule has 2 rings (SSSR count). The summed E-state index contributed by atoms with van der Waals surface area (Å²) in [7, 11) is 0. The third kappa shape index (κ3) is 1.89. The minimum Gasteiger partial charge on any atom is -0.350 e. The highest BCUT2D eigenvalue weighted by Gasteiger charge is 2.35. The fourth-order valence-corrected chi connectivity index (χ4v) is 2.72. The van der Waals surface area contributed by atoms with Crippen molar-refractivity contribution in [3.63, 3.8) is 0 Å². The Morgan fingerprint density at radius 1 is 1.31 bits per heavy atom. The van der Waals surface area contributed by atoms with Gasteiger partial charge in [0.15, 0.2) is 0 Å². The molecule has 74 valence electrons. The van der Waals surface area contributed by atoms with E-state index in [4.69, 9.17) is 0 Å². The van der Waals surface area contributed by atoms with Crippen LogP contribution in [0.4, 0.5) is 0 Å². The quantitative estimate of drug-likeness (QED) is 0.672. The molecule has 1 aliphatic heterocycles. The Morgan fingerprint density at radius 2 is 2.00 bits per heavy atom. The molecule has 0 aromatic heterocycles. The average Bonchev–Trinajstić information content (AvgIpc) is 2.17. The Kier molecular flexibility index (Phi) is 2.89. The number of rotatable bonds is 1. The van der Waals surface area contributed by atoms with Gasteiger partial charge in [0.2, 0.25) is 5.91 Å². The molecule has 2 aliphatic rings. The van der Waals surface area contributed by atoms with E-state index in [1.54, 1.807) is 0 Å². The zero-order chi connectivity index (χ0) is 9.26. The Labute approximate surface area is 86.8 Å². The van der Waals surface area contributed by atoms with Crippen LogP contribution in [0.1, 0.15) is 25.7 Å². The number of halogens is 1. The van der Waals surface area contributed by atoms with Crippen LogP contribution in [0.3, 0.4) is 0 Å². The highest BCUT2D eigenvalue weighted by molar-refractivity contribution is 9.09. The summed E-state index contributed by atoms with van der Waals surface area (Å²) in [6, 6.07) is 0.866. The van der Waals surface area contributed by atoms with E-state index in [2.05, 4.69) is 26.6 Å². The third-order valence-electron chi connectivity index (χ3n) is 2.98. The van der Waals surface area contributed by atoms with Gasteiger partial charge in [-0.1, -0.05) is 28.8 Å². The van der Waals surface area contributed by atoms with Gasteiger partial charge in [-0.15, -0.1) is 0 Å². The van der Waals surface area contributed by atoms with Crippen molar-refractivity contribution in [2.45, 2.75) is 43.8 Å². The van der Waals surface area contributed by atoms with E-state index in [0.717, 1.165) is 6.42 Å². The highest BCUT2D eigenvalue weighted by Crippen LogP contribution is 2.21. The maximum atomic E-state index is 11.5. The maximum absolute atomic E-state index is 11.5. The minimum atomic E-state index is -0.0284. The van der Waals surface area contributed by atoms with E-state index in [1.807, 2.05) is 0 Å². The molecule has 13 heavy (non-hydrogen) atoms. The fourth-order valence-electron chi connectivity index (χ4n) is 2.24. The fraction of sp³-hybridized carbons (Fsp3) is 0.889. The summed E-state index contributed by atoms with van der Waals surface area (Å²) in [5, 5.41) is 7.19. The van der Waals surface area contributed by atoms with E-state index in [1.165, 1.54) is 19.3 Å². The smallest absolute Gasteiger partial charge is 0.238 e. The molecular formula is C9H15BrN2O. The number of carbonyl (C=O) groups excluding carboxylic acids is 1. The summed E-state index contributed by atoms with van der Waals surface area (Å²) in [4.78, 5) is 11.5. The molecular weight excluding hydrogens is 232 g/mol. The number of hydrogen-bond acceptors (Lipinski definition) is 2. The molecule has 1 heterocycles. The van der Waals surface area contributed by atoms with Crippen LogP contribution in [-0.4, -0.2) is 29.4 Å². The van der Waals surface area contributed by atoms with Gasteiger partial charge in [0, 0.05) is 17.4 Å². The topological polar surface area (TPSA) is 41.1 Å². The number of piperazine rings is 1. The van der Waals surface area contributed by atoms with Crippen molar-refractivity contribution in [1.29, 1.82) is 0 Å². The molecule has 2 fully saturated rings. The number of alkyl halides is 1. The molecule has 2 N–H and O–H groups in total. The van der Waals surface area contributed by atoms with Crippen LogP contribution in [0.15, 0.2) is 0 Å². The average molecular weight is 247 g/mol. The first-order valence-corrected chi connectivity index (χ1v) is 6.06. The van der Waals surface area contributed by atoms with Crippen LogP contribution in [0.25, 0.3) is 0 Å². The normalized spacial score (nSPS) is 39.5. The molecule has 1 saturated carbocycles. The van der Waals surface area contributed by atoms with E-state index < -0.39 is 0 Å². The molecule has 3 atom stereocenters.